The number of rotatable bonds is 6. The molecule has 1 aromatic heterocycles. The van der Waals surface area contributed by atoms with Crippen molar-refractivity contribution in [3.05, 3.63) is 95.1 Å². The molecule has 5 nitrogen and oxygen atoms in total. The summed E-state index contributed by atoms with van der Waals surface area (Å²) in [5.41, 5.74) is 4.69. The van der Waals surface area contributed by atoms with Crippen LogP contribution in [-0.4, -0.2) is 27.1 Å². The zero-order chi connectivity index (χ0) is 21.1. The minimum atomic E-state index is -0.307. The first kappa shape index (κ1) is 19.6. The largest absolute Gasteiger partial charge is 0.329 e. The fourth-order valence-electron chi connectivity index (χ4n) is 3.83. The summed E-state index contributed by atoms with van der Waals surface area (Å²) < 4.78 is 15.1. The molecular formula is C24H21FN4O. The molecule has 0 aliphatic heterocycles. The lowest BCUT2D eigenvalue weighted by molar-refractivity contribution is 0.0755. The standard InChI is InChI=1S/C24H21FN4O/c1-2-14-28(16-18-8-6-17(15-26)7-9-18)24(30)23-21-4-3-5-22(21)29(27-23)20-12-10-19(25)11-13-20/h2,6-13H,1,3-5,14,16H2. The van der Waals surface area contributed by atoms with Crippen LogP contribution in [-0.2, 0) is 19.4 Å². The van der Waals surface area contributed by atoms with Gasteiger partial charge >= 0.3 is 0 Å². The molecule has 0 bridgehead atoms. The first-order chi connectivity index (χ1) is 14.6. The number of carbonyl (C=O) groups is 1. The van der Waals surface area contributed by atoms with Crippen LogP contribution >= 0.6 is 0 Å². The summed E-state index contributed by atoms with van der Waals surface area (Å²) in [4.78, 5) is 15.1. The Balaban J connectivity index is 1.66. The van der Waals surface area contributed by atoms with Crippen molar-refractivity contribution in [1.82, 2.24) is 14.7 Å². The Morgan fingerprint density at radius 2 is 1.93 bits per heavy atom. The first-order valence-electron chi connectivity index (χ1n) is 9.86. The lowest BCUT2D eigenvalue weighted by Crippen LogP contribution is -2.31. The number of benzene rings is 2. The Morgan fingerprint density at radius 3 is 2.60 bits per heavy atom. The van der Waals surface area contributed by atoms with Crippen LogP contribution in [0.15, 0.2) is 61.2 Å². The van der Waals surface area contributed by atoms with Crippen LogP contribution in [0.2, 0.25) is 0 Å². The van der Waals surface area contributed by atoms with Crippen LogP contribution < -0.4 is 0 Å². The van der Waals surface area contributed by atoms with Crippen LogP contribution in [0.3, 0.4) is 0 Å². The molecule has 0 spiro atoms. The van der Waals surface area contributed by atoms with Gasteiger partial charge in [0.25, 0.3) is 5.91 Å². The fourth-order valence-corrected chi connectivity index (χ4v) is 3.83. The maximum Gasteiger partial charge on any atom is 0.275 e. The van der Waals surface area contributed by atoms with Gasteiger partial charge in [-0.25, -0.2) is 9.07 Å². The monoisotopic (exact) mass is 400 g/mol. The Labute approximate surface area is 174 Å². The van der Waals surface area contributed by atoms with Crippen LogP contribution in [0.25, 0.3) is 5.69 Å². The van der Waals surface area contributed by atoms with Crippen molar-refractivity contribution in [2.24, 2.45) is 0 Å². The number of nitriles is 1. The third-order valence-electron chi connectivity index (χ3n) is 5.30. The predicted molar refractivity (Wildman–Crippen MR) is 112 cm³/mol. The minimum Gasteiger partial charge on any atom is -0.329 e. The quantitative estimate of drug-likeness (QED) is 0.583. The van der Waals surface area contributed by atoms with Gasteiger partial charge < -0.3 is 4.90 Å². The molecule has 1 aliphatic carbocycles. The van der Waals surface area contributed by atoms with E-state index in [0.717, 1.165) is 41.8 Å². The Kier molecular flexibility index (Phi) is 5.44. The molecule has 0 fully saturated rings. The number of fused-ring (bicyclic) bond motifs is 1. The Morgan fingerprint density at radius 1 is 1.20 bits per heavy atom. The molecular weight excluding hydrogens is 379 g/mol. The molecule has 2 aromatic carbocycles. The number of hydrogen-bond donors (Lipinski definition) is 0. The van der Waals surface area contributed by atoms with E-state index in [2.05, 4.69) is 17.7 Å². The first-order valence-corrected chi connectivity index (χ1v) is 9.86. The van der Waals surface area contributed by atoms with E-state index in [1.54, 1.807) is 39.9 Å². The zero-order valence-corrected chi connectivity index (χ0v) is 16.5. The van der Waals surface area contributed by atoms with E-state index in [4.69, 9.17) is 5.26 Å². The van der Waals surface area contributed by atoms with Crippen molar-refractivity contribution in [2.45, 2.75) is 25.8 Å². The van der Waals surface area contributed by atoms with E-state index >= 15 is 0 Å². The van der Waals surface area contributed by atoms with Gasteiger partial charge in [0.05, 0.1) is 17.3 Å². The molecule has 150 valence electrons. The number of hydrogen-bond acceptors (Lipinski definition) is 3. The van der Waals surface area contributed by atoms with E-state index in [1.165, 1.54) is 12.1 Å². The van der Waals surface area contributed by atoms with E-state index < -0.39 is 0 Å². The van der Waals surface area contributed by atoms with E-state index in [1.807, 2.05) is 12.1 Å². The molecule has 4 rings (SSSR count). The van der Waals surface area contributed by atoms with Gasteiger partial charge in [0.15, 0.2) is 5.69 Å². The SMILES string of the molecule is C=CCN(Cc1ccc(C#N)cc1)C(=O)c1nn(-c2ccc(F)cc2)c2c1CCC2. The molecule has 0 saturated carbocycles. The topological polar surface area (TPSA) is 61.9 Å². The number of amides is 1. The molecule has 0 atom stereocenters. The molecule has 30 heavy (non-hydrogen) atoms. The molecule has 0 unspecified atom stereocenters. The van der Waals surface area contributed by atoms with Crippen molar-refractivity contribution in [1.29, 1.82) is 5.26 Å². The maximum absolute atomic E-state index is 13.4. The van der Waals surface area contributed by atoms with Crippen molar-refractivity contribution < 1.29 is 9.18 Å². The third-order valence-corrected chi connectivity index (χ3v) is 5.30. The molecule has 6 heteroatoms. The smallest absolute Gasteiger partial charge is 0.275 e. The minimum absolute atomic E-state index is 0.154. The van der Waals surface area contributed by atoms with Gasteiger partial charge in [0.1, 0.15) is 5.82 Å². The van der Waals surface area contributed by atoms with Crippen LogP contribution in [0.1, 0.15) is 39.3 Å². The van der Waals surface area contributed by atoms with Crippen LogP contribution in [0.4, 0.5) is 4.39 Å². The lowest BCUT2D eigenvalue weighted by atomic mass is 10.1. The highest BCUT2D eigenvalue weighted by atomic mass is 19.1. The average molecular weight is 400 g/mol. The van der Waals surface area contributed by atoms with E-state index in [-0.39, 0.29) is 11.7 Å². The van der Waals surface area contributed by atoms with Crippen molar-refractivity contribution in [3.8, 4) is 11.8 Å². The highest BCUT2D eigenvalue weighted by Gasteiger charge is 2.29. The maximum atomic E-state index is 13.4. The normalized spacial score (nSPS) is 12.3. The van der Waals surface area contributed by atoms with Gasteiger partial charge in [-0.05, 0) is 61.2 Å². The molecule has 1 aliphatic rings. The number of aromatic nitrogens is 2. The molecule has 0 N–H and O–H groups in total. The fraction of sp³-hybridized carbons (Fsp3) is 0.208. The second-order valence-electron chi connectivity index (χ2n) is 7.30. The molecule has 3 aromatic rings. The third kappa shape index (κ3) is 3.74. The predicted octanol–water partition coefficient (Wildman–Crippen LogP) is 4.20. The number of halogens is 1. The molecule has 1 amide bonds. The van der Waals surface area contributed by atoms with Gasteiger partial charge in [0.2, 0.25) is 0 Å². The zero-order valence-electron chi connectivity index (χ0n) is 16.5. The summed E-state index contributed by atoms with van der Waals surface area (Å²) in [6, 6.07) is 15.4. The average Bonchev–Trinajstić information content (AvgIpc) is 3.37. The van der Waals surface area contributed by atoms with Gasteiger partial charge in [-0.2, -0.15) is 10.4 Å². The second kappa shape index (κ2) is 8.34. The summed E-state index contributed by atoms with van der Waals surface area (Å²) in [5.74, 6) is -0.461. The number of nitrogens with zero attached hydrogens (tertiary/aromatic N) is 4. The molecule has 0 radical (unpaired) electrons. The number of carbonyl (C=O) groups excluding carboxylic acids is 1. The van der Waals surface area contributed by atoms with Crippen molar-refractivity contribution in [2.75, 3.05) is 6.54 Å². The van der Waals surface area contributed by atoms with Gasteiger partial charge in [-0.1, -0.05) is 18.2 Å². The van der Waals surface area contributed by atoms with E-state index in [9.17, 15) is 9.18 Å². The van der Waals surface area contributed by atoms with Crippen molar-refractivity contribution >= 4 is 5.91 Å². The highest BCUT2D eigenvalue weighted by molar-refractivity contribution is 5.94. The lowest BCUT2D eigenvalue weighted by Gasteiger charge is -2.21. The van der Waals surface area contributed by atoms with Gasteiger partial charge in [-0.3, -0.25) is 4.79 Å². The van der Waals surface area contributed by atoms with E-state index in [0.29, 0.717) is 24.3 Å². The summed E-state index contributed by atoms with van der Waals surface area (Å²) in [6.45, 7) is 4.56. The van der Waals surface area contributed by atoms with Crippen molar-refractivity contribution in [3.63, 3.8) is 0 Å². The van der Waals surface area contributed by atoms with Crippen LogP contribution in [0, 0.1) is 17.1 Å². The summed E-state index contributed by atoms with van der Waals surface area (Å²) >= 11 is 0. The second-order valence-corrected chi connectivity index (χ2v) is 7.30. The highest BCUT2D eigenvalue weighted by Crippen LogP contribution is 2.29. The Bertz CT molecular complexity index is 1120. The Hall–Kier alpha value is -3.72. The van der Waals surface area contributed by atoms with Crippen LogP contribution in [0.5, 0.6) is 0 Å². The summed E-state index contributed by atoms with van der Waals surface area (Å²) in [7, 11) is 0. The summed E-state index contributed by atoms with van der Waals surface area (Å²) in [5, 5.41) is 13.6. The van der Waals surface area contributed by atoms with Gasteiger partial charge in [0, 0.05) is 24.3 Å². The van der Waals surface area contributed by atoms with Gasteiger partial charge in [-0.15, -0.1) is 6.58 Å². The summed E-state index contributed by atoms with van der Waals surface area (Å²) in [6.07, 6.45) is 4.30. The molecule has 0 saturated heterocycles. The molecule has 1 heterocycles.